The Bertz CT molecular complexity index is 389. The third-order valence-corrected chi connectivity index (χ3v) is 3.64. The predicted molar refractivity (Wildman–Crippen MR) is 87.5 cm³/mol. The largest absolute Gasteiger partial charge is 0.493 e. The highest BCUT2D eigenvalue weighted by atomic mass is 16.5. The van der Waals surface area contributed by atoms with Gasteiger partial charge >= 0.3 is 0 Å². The van der Waals surface area contributed by atoms with E-state index in [0.29, 0.717) is 12.0 Å². The summed E-state index contributed by atoms with van der Waals surface area (Å²) < 4.78 is 6.09. The highest BCUT2D eigenvalue weighted by molar-refractivity contribution is 5.39. The van der Waals surface area contributed by atoms with Gasteiger partial charge in [0, 0.05) is 11.6 Å². The molecule has 0 aliphatic rings. The molecule has 0 radical (unpaired) electrons. The van der Waals surface area contributed by atoms with Crippen LogP contribution in [0.25, 0.3) is 0 Å². The fraction of sp³-hybridized carbons (Fsp3) is 0.667. The van der Waals surface area contributed by atoms with E-state index in [9.17, 15) is 0 Å². The minimum atomic E-state index is 0.340. The van der Waals surface area contributed by atoms with Gasteiger partial charge < -0.3 is 10.1 Å². The molecule has 1 rings (SSSR count). The number of nitrogens with one attached hydrogen (secondary N) is 1. The van der Waals surface area contributed by atoms with E-state index in [-0.39, 0.29) is 0 Å². The molecular weight excluding hydrogens is 246 g/mol. The first-order valence-corrected chi connectivity index (χ1v) is 8.05. The second-order valence-electron chi connectivity index (χ2n) is 5.92. The molecule has 1 N–H and O–H groups in total. The van der Waals surface area contributed by atoms with Crippen LogP contribution in [0.2, 0.25) is 0 Å². The number of hydrogen-bond acceptors (Lipinski definition) is 2. The average molecular weight is 277 g/mol. The number of hydrogen-bond donors (Lipinski definition) is 1. The van der Waals surface area contributed by atoms with Crippen LogP contribution in [0.5, 0.6) is 5.75 Å². The van der Waals surface area contributed by atoms with Gasteiger partial charge in [0.2, 0.25) is 0 Å². The van der Waals surface area contributed by atoms with Crippen LogP contribution in [0, 0.1) is 12.8 Å². The zero-order chi connectivity index (χ0) is 15.0. The molecule has 0 amide bonds. The third-order valence-electron chi connectivity index (χ3n) is 3.64. The highest BCUT2D eigenvalue weighted by Crippen LogP contribution is 2.27. The van der Waals surface area contributed by atoms with Crippen LogP contribution in [-0.2, 0) is 0 Å². The first kappa shape index (κ1) is 17.0. The monoisotopic (exact) mass is 277 g/mol. The summed E-state index contributed by atoms with van der Waals surface area (Å²) in [6, 6.07) is 6.87. The smallest absolute Gasteiger partial charge is 0.124 e. The van der Waals surface area contributed by atoms with Crippen molar-refractivity contribution in [1.82, 2.24) is 5.32 Å². The molecule has 1 aromatic rings. The maximum Gasteiger partial charge on any atom is 0.124 e. The first-order chi connectivity index (χ1) is 9.58. The van der Waals surface area contributed by atoms with Gasteiger partial charge in [-0.3, -0.25) is 0 Å². The molecule has 20 heavy (non-hydrogen) atoms. The molecule has 0 aromatic heterocycles. The Morgan fingerprint density at radius 2 is 1.90 bits per heavy atom. The molecule has 2 heteroatoms. The maximum absolute atomic E-state index is 6.09. The molecule has 1 aromatic carbocycles. The van der Waals surface area contributed by atoms with Gasteiger partial charge in [0.25, 0.3) is 0 Å². The fourth-order valence-corrected chi connectivity index (χ4v) is 2.40. The number of aryl methyl sites for hydroxylation is 1. The minimum Gasteiger partial charge on any atom is -0.493 e. The first-order valence-electron chi connectivity index (χ1n) is 8.05. The van der Waals surface area contributed by atoms with Crippen molar-refractivity contribution in [3.05, 3.63) is 29.3 Å². The van der Waals surface area contributed by atoms with E-state index in [4.69, 9.17) is 4.74 Å². The van der Waals surface area contributed by atoms with Crippen molar-refractivity contribution in [3.8, 4) is 5.75 Å². The lowest BCUT2D eigenvalue weighted by atomic mass is 10.0. The molecule has 0 aliphatic carbocycles. The van der Waals surface area contributed by atoms with Gasteiger partial charge in [-0.2, -0.15) is 0 Å². The summed E-state index contributed by atoms with van der Waals surface area (Å²) in [7, 11) is 0. The minimum absolute atomic E-state index is 0.340. The van der Waals surface area contributed by atoms with Crippen LogP contribution in [0.1, 0.15) is 64.1 Å². The van der Waals surface area contributed by atoms with E-state index >= 15 is 0 Å². The second kappa shape index (κ2) is 9.02. The number of rotatable bonds is 9. The molecule has 0 saturated heterocycles. The van der Waals surface area contributed by atoms with Gasteiger partial charge in [-0.1, -0.05) is 39.3 Å². The molecule has 0 heterocycles. The van der Waals surface area contributed by atoms with Crippen LogP contribution < -0.4 is 10.1 Å². The quantitative estimate of drug-likeness (QED) is 0.695. The summed E-state index contributed by atoms with van der Waals surface area (Å²) in [6.07, 6.45) is 3.60. The molecule has 0 bridgehead atoms. The van der Waals surface area contributed by atoms with Crippen molar-refractivity contribution in [1.29, 1.82) is 0 Å². The van der Waals surface area contributed by atoms with Crippen LogP contribution in [-0.4, -0.2) is 13.2 Å². The molecule has 0 saturated carbocycles. The topological polar surface area (TPSA) is 21.3 Å². The summed E-state index contributed by atoms with van der Waals surface area (Å²) in [4.78, 5) is 0. The van der Waals surface area contributed by atoms with Crippen molar-refractivity contribution < 1.29 is 4.74 Å². The van der Waals surface area contributed by atoms with Gasteiger partial charge in [0.15, 0.2) is 0 Å². The van der Waals surface area contributed by atoms with Crippen LogP contribution in [0.15, 0.2) is 18.2 Å². The standard InChI is InChI=1S/C18H31NO/c1-6-8-15(4)13-20-18-12-14(3)9-10-17(18)16(5)19-11-7-2/h9-10,12,15-16,19H,6-8,11,13H2,1-5H3. The lowest BCUT2D eigenvalue weighted by molar-refractivity contribution is 0.247. The van der Waals surface area contributed by atoms with E-state index in [1.165, 1.54) is 24.0 Å². The van der Waals surface area contributed by atoms with E-state index in [2.05, 4.69) is 58.1 Å². The molecule has 114 valence electrons. The summed E-state index contributed by atoms with van der Waals surface area (Å²) in [5.74, 6) is 1.66. The Balaban J connectivity index is 2.74. The van der Waals surface area contributed by atoms with Gasteiger partial charge in [0.05, 0.1) is 6.61 Å². The van der Waals surface area contributed by atoms with Crippen LogP contribution in [0.4, 0.5) is 0 Å². The number of benzene rings is 1. The second-order valence-corrected chi connectivity index (χ2v) is 5.92. The van der Waals surface area contributed by atoms with Gasteiger partial charge in [0.1, 0.15) is 5.75 Å². The summed E-state index contributed by atoms with van der Waals surface area (Å²) in [5.41, 5.74) is 2.53. The van der Waals surface area contributed by atoms with Gasteiger partial charge in [-0.15, -0.1) is 0 Å². The van der Waals surface area contributed by atoms with Crippen molar-refractivity contribution in [3.63, 3.8) is 0 Å². The lowest BCUT2D eigenvalue weighted by Crippen LogP contribution is -2.20. The normalized spacial score (nSPS) is 14.1. The van der Waals surface area contributed by atoms with Crippen molar-refractivity contribution in [2.24, 2.45) is 5.92 Å². The van der Waals surface area contributed by atoms with E-state index in [1.807, 2.05) is 0 Å². The van der Waals surface area contributed by atoms with E-state index in [0.717, 1.165) is 25.3 Å². The van der Waals surface area contributed by atoms with Crippen molar-refractivity contribution >= 4 is 0 Å². The average Bonchev–Trinajstić information content (AvgIpc) is 2.43. The molecule has 0 spiro atoms. The number of ether oxygens (including phenoxy) is 1. The predicted octanol–water partition coefficient (Wildman–Crippen LogP) is 4.87. The SMILES string of the molecule is CCCNC(C)c1ccc(C)cc1OCC(C)CCC. The molecule has 0 fully saturated rings. The van der Waals surface area contributed by atoms with Crippen LogP contribution >= 0.6 is 0 Å². The van der Waals surface area contributed by atoms with Crippen LogP contribution in [0.3, 0.4) is 0 Å². The highest BCUT2D eigenvalue weighted by Gasteiger charge is 2.12. The Morgan fingerprint density at radius 1 is 1.15 bits per heavy atom. The Labute approximate surface area is 124 Å². The zero-order valence-electron chi connectivity index (χ0n) is 13.8. The summed E-state index contributed by atoms with van der Waals surface area (Å²) >= 11 is 0. The molecule has 2 atom stereocenters. The summed E-state index contributed by atoms with van der Waals surface area (Å²) in [5, 5.41) is 3.54. The summed E-state index contributed by atoms with van der Waals surface area (Å²) in [6.45, 7) is 12.9. The van der Waals surface area contributed by atoms with Gasteiger partial charge in [-0.25, -0.2) is 0 Å². The Morgan fingerprint density at radius 3 is 2.55 bits per heavy atom. The van der Waals surface area contributed by atoms with Gasteiger partial charge in [-0.05, 0) is 50.8 Å². The van der Waals surface area contributed by atoms with E-state index < -0.39 is 0 Å². The van der Waals surface area contributed by atoms with Crippen molar-refractivity contribution in [2.45, 2.75) is 59.9 Å². The Hall–Kier alpha value is -1.02. The zero-order valence-corrected chi connectivity index (χ0v) is 13.8. The maximum atomic E-state index is 6.09. The third kappa shape index (κ3) is 5.54. The molecular formula is C18H31NO. The Kier molecular flexibility index (Phi) is 7.68. The van der Waals surface area contributed by atoms with Crippen molar-refractivity contribution in [2.75, 3.05) is 13.2 Å². The lowest BCUT2D eigenvalue weighted by Gasteiger charge is -2.20. The molecule has 0 aliphatic heterocycles. The van der Waals surface area contributed by atoms with E-state index in [1.54, 1.807) is 0 Å². The molecule has 2 unspecified atom stereocenters. The molecule has 2 nitrogen and oxygen atoms in total. The fourth-order valence-electron chi connectivity index (χ4n) is 2.40.